The Balaban J connectivity index is 1.33. The first kappa shape index (κ1) is 36.0. The molecule has 0 aliphatic carbocycles. The molecule has 1 atom stereocenters. The zero-order valence-electron chi connectivity index (χ0n) is 29.3. The standard InChI is InChI=1S/C42H46F2N4O2/c1-7-30-17-28(3)18-35(20-30)40-21-31(11-14-46-40)26-47-15-12-36(13-16-47)48(37-9-10-38(43)39(44)24-37)27-32(25-45)19-29(4)34-22-33(8-2)42(50-6)41(23-34)49-5/h2,7,9-11,14,17-25,36,40,46H,1,12-13,15-16,26-27,45H2,3-6H3/b29-19+,32-25+. The molecule has 5 rings (SSSR count). The zero-order chi connectivity index (χ0) is 35.8. The van der Waals surface area contributed by atoms with Crippen LogP contribution in [0.15, 0.2) is 96.9 Å². The van der Waals surface area contributed by atoms with Crippen LogP contribution in [-0.2, 0) is 0 Å². The van der Waals surface area contributed by atoms with Gasteiger partial charge in [-0.1, -0.05) is 48.4 Å². The molecule has 2 heterocycles. The average molecular weight is 677 g/mol. The van der Waals surface area contributed by atoms with Gasteiger partial charge in [0.25, 0.3) is 0 Å². The Morgan fingerprint density at radius 1 is 1.10 bits per heavy atom. The molecule has 0 bridgehead atoms. The maximum atomic E-state index is 14.6. The fraction of sp³-hybridized carbons (Fsp3) is 0.286. The maximum absolute atomic E-state index is 14.6. The number of nitrogens with one attached hydrogen (secondary N) is 1. The Hall–Kier alpha value is -5.26. The van der Waals surface area contributed by atoms with Crippen molar-refractivity contribution in [1.82, 2.24) is 10.2 Å². The summed E-state index contributed by atoms with van der Waals surface area (Å²) >= 11 is 0. The monoisotopic (exact) mass is 676 g/mol. The summed E-state index contributed by atoms with van der Waals surface area (Å²) in [6.45, 7) is 11.0. The summed E-state index contributed by atoms with van der Waals surface area (Å²) in [5.74, 6) is 1.94. The van der Waals surface area contributed by atoms with Crippen LogP contribution in [0.5, 0.6) is 11.5 Å². The number of methoxy groups -OCH3 is 2. The van der Waals surface area contributed by atoms with Crippen molar-refractivity contribution in [3.8, 4) is 23.8 Å². The predicted octanol–water partition coefficient (Wildman–Crippen LogP) is 7.92. The number of terminal acetylenes is 1. The van der Waals surface area contributed by atoms with E-state index in [4.69, 9.17) is 21.6 Å². The molecule has 2 aliphatic rings. The van der Waals surface area contributed by atoms with Gasteiger partial charge in [0.1, 0.15) is 0 Å². The summed E-state index contributed by atoms with van der Waals surface area (Å²) < 4.78 is 39.6. The van der Waals surface area contributed by atoms with Gasteiger partial charge in [0.2, 0.25) is 0 Å². The minimum Gasteiger partial charge on any atom is -0.493 e. The van der Waals surface area contributed by atoms with Crippen LogP contribution >= 0.6 is 0 Å². The van der Waals surface area contributed by atoms with Crippen LogP contribution < -0.4 is 25.4 Å². The normalized spacial score (nSPS) is 17.1. The van der Waals surface area contributed by atoms with Gasteiger partial charge in [-0.05, 0) is 109 Å². The zero-order valence-corrected chi connectivity index (χ0v) is 29.3. The van der Waals surface area contributed by atoms with E-state index >= 15 is 0 Å². The maximum Gasteiger partial charge on any atom is 0.176 e. The summed E-state index contributed by atoms with van der Waals surface area (Å²) in [4.78, 5) is 4.59. The Morgan fingerprint density at radius 2 is 1.88 bits per heavy atom. The molecule has 1 fully saturated rings. The second-order valence-corrected chi connectivity index (χ2v) is 12.8. The van der Waals surface area contributed by atoms with Crippen molar-refractivity contribution in [2.45, 2.75) is 38.8 Å². The lowest BCUT2D eigenvalue weighted by atomic mass is 9.96. The Morgan fingerprint density at radius 3 is 2.54 bits per heavy atom. The van der Waals surface area contributed by atoms with Gasteiger partial charge in [0, 0.05) is 44.0 Å². The number of ether oxygens (including phenoxy) is 2. The topological polar surface area (TPSA) is 63.0 Å². The van der Waals surface area contributed by atoms with Crippen molar-refractivity contribution >= 4 is 17.3 Å². The molecule has 6 nitrogen and oxygen atoms in total. The first-order valence-electron chi connectivity index (χ1n) is 16.8. The second kappa shape index (κ2) is 16.4. The molecule has 1 saturated heterocycles. The van der Waals surface area contributed by atoms with Crippen molar-refractivity contribution in [3.05, 3.63) is 136 Å². The summed E-state index contributed by atoms with van der Waals surface area (Å²) in [6, 6.07) is 14.5. The van der Waals surface area contributed by atoms with Crippen molar-refractivity contribution in [1.29, 1.82) is 0 Å². The highest BCUT2D eigenvalue weighted by molar-refractivity contribution is 5.72. The Kier molecular flexibility index (Phi) is 11.8. The minimum absolute atomic E-state index is 0.0869. The number of hydrogen-bond acceptors (Lipinski definition) is 6. The lowest BCUT2D eigenvalue weighted by Gasteiger charge is -2.40. The predicted molar refractivity (Wildman–Crippen MR) is 201 cm³/mol. The van der Waals surface area contributed by atoms with Crippen LogP contribution in [0.2, 0.25) is 0 Å². The SMILES string of the molecule is C#Cc1cc(/C(C)=C/C(=C\N)CN(c2ccc(F)c(F)c2)C2CCN(CC3=CC(c4cc(C)cc(C=C)c4)NC=C3)CC2)cc(OC)c1OC. The molecule has 3 N–H and O–H groups in total. The van der Waals surface area contributed by atoms with E-state index in [2.05, 4.69) is 64.9 Å². The third-order valence-electron chi connectivity index (χ3n) is 9.37. The van der Waals surface area contributed by atoms with E-state index in [0.717, 1.165) is 54.7 Å². The van der Waals surface area contributed by atoms with Crippen molar-refractivity contribution in [2.24, 2.45) is 5.73 Å². The van der Waals surface area contributed by atoms with E-state index in [-0.39, 0.29) is 12.1 Å². The molecule has 0 saturated carbocycles. The van der Waals surface area contributed by atoms with Gasteiger partial charge in [0.05, 0.1) is 25.8 Å². The Labute approximate surface area is 295 Å². The van der Waals surface area contributed by atoms with Gasteiger partial charge in [-0.2, -0.15) is 0 Å². The van der Waals surface area contributed by atoms with Gasteiger partial charge in [0.15, 0.2) is 23.1 Å². The van der Waals surface area contributed by atoms with E-state index in [0.29, 0.717) is 29.3 Å². The molecule has 0 radical (unpaired) electrons. The van der Waals surface area contributed by atoms with E-state index in [1.54, 1.807) is 26.5 Å². The van der Waals surface area contributed by atoms with Crippen molar-refractivity contribution in [3.63, 3.8) is 0 Å². The van der Waals surface area contributed by atoms with Gasteiger partial charge in [-0.25, -0.2) is 8.78 Å². The van der Waals surface area contributed by atoms with Gasteiger partial charge in [-0.3, -0.25) is 4.90 Å². The lowest BCUT2D eigenvalue weighted by molar-refractivity contribution is 0.225. The highest BCUT2D eigenvalue weighted by Gasteiger charge is 2.27. The van der Waals surface area contributed by atoms with E-state index in [9.17, 15) is 8.78 Å². The number of dihydropyridines is 1. The molecule has 3 aromatic rings. The lowest BCUT2D eigenvalue weighted by Crippen LogP contribution is -2.46. The highest BCUT2D eigenvalue weighted by Crippen LogP contribution is 2.35. The molecule has 2 aliphatic heterocycles. The second-order valence-electron chi connectivity index (χ2n) is 12.8. The minimum atomic E-state index is -0.880. The largest absolute Gasteiger partial charge is 0.493 e. The van der Waals surface area contributed by atoms with E-state index in [1.807, 2.05) is 37.4 Å². The van der Waals surface area contributed by atoms with Crippen molar-refractivity contribution in [2.75, 3.05) is 45.3 Å². The average Bonchev–Trinajstić information content (AvgIpc) is 3.13. The van der Waals surface area contributed by atoms with Crippen LogP contribution in [0.25, 0.3) is 11.6 Å². The molecule has 0 amide bonds. The first-order valence-corrected chi connectivity index (χ1v) is 16.8. The molecule has 1 unspecified atom stereocenters. The number of halogens is 2. The molecule has 260 valence electrons. The van der Waals surface area contributed by atoms with Gasteiger partial charge >= 0.3 is 0 Å². The molecule has 0 aromatic heterocycles. The highest BCUT2D eigenvalue weighted by atomic mass is 19.2. The van der Waals surface area contributed by atoms with Crippen LogP contribution in [0.3, 0.4) is 0 Å². The number of likely N-dealkylation sites (tertiary alicyclic amines) is 1. The first-order chi connectivity index (χ1) is 24.2. The Bertz CT molecular complexity index is 1880. The molecule has 8 heteroatoms. The molecular formula is C42H46F2N4O2. The molecular weight excluding hydrogens is 630 g/mol. The quantitative estimate of drug-likeness (QED) is 0.150. The number of piperidine rings is 1. The van der Waals surface area contributed by atoms with Gasteiger partial charge in [-0.15, -0.1) is 6.42 Å². The number of nitrogens with two attached hydrogens (primary N) is 1. The number of rotatable bonds is 12. The number of aryl methyl sites for hydroxylation is 1. The number of hydrogen-bond donors (Lipinski definition) is 2. The number of nitrogens with zero attached hydrogens (tertiary/aromatic N) is 2. The van der Waals surface area contributed by atoms with Crippen LogP contribution in [0.1, 0.15) is 53.6 Å². The molecule has 0 spiro atoms. The fourth-order valence-electron chi connectivity index (χ4n) is 6.76. The van der Waals surface area contributed by atoms with Crippen molar-refractivity contribution < 1.29 is 18.3 Å². The number of benzene rings is 3. The summed E-state index contributed by atoms with van der Waals surface area (Å²) in [6.07, 6.45) is 19.4. The third kappa shape index (κ3) is 8.47. The smallest absolute Gasteiger partial charge is 0.176 e. The van der Waals surface area contributed by atoms with Crippen LogP contribution in [-0.4, -0.2) is 51.3 Å². The summed E-state index contributed by atoms with van der Waals surface area (Å²) in [7, 11) is 3.12. The number of anilines is 1. The number of allylic oxidation sites excluding steroid dienone is 1. The van der Waals surface area contributed by atoms with E-state index < -0.39 is 11.6 Å². The summed E-state index contributed by atoms with van der Waals surface area (Å²) in [5.41, 5.74) is 14.7. The molecule has 3 aromatic carbocycles. The fourth-order valence-corrected chi connectivity index (χ4v) is 6.76. The third-order valence-corrected chi connectivity index (χ3v) is 9.37. The van der Waals surface area contributed by atoms with E-state index in [1.165, 1.54) is 28.8 Å². The van der Waals surface area contributed by atoms with Crippen LogP contribution in [0.4, 0.5) is 14.5 Å². The van der Waals surface area contributed by atoms with Gasteiger partial charge < -0.3 is 25.4 Å². The van der Waals surface area contributed by atoms with Crippen LogP contribution in [0, 0.1) is 30.9 Å². The summed E-state index contributed by atoms with van der Waals surface area (Å²) in [5, 5.41) is 3.48. The molecule has 50 heavy (non-hydrogen) atoms.